The van der Waals surface area contributed by atoms with E-state index >= 15 is 0 Å². The monoisotopic (exact) mass is 325 g/mol. The summed E-state index contributed by atoms with van der Waals surface area (Å²) >= 11 is 0. The molecule has 0 spiro atoms. The highest BCUT2D eigenvalue weighted by Crippen LogP contribution is 2.16. The van der Waals surface area contributed by atoms with Crippen molar-refractivity contribution in [3.63, 3.8) is 0 Å². The van der Waals surface area contributed by atoms with E-state index < -0.39 is 17.5 Å². The Morgan fingerprint density at radius 3 is 2.38 bits per heavy atom. The second-order valence-electron chi connectivity index (χ2n) is 5.81. The SMILES string of the molecule is CCCN(C(=O)OCc1ccccc1)[Si](C)(C)O[SiH](C)C. The van der Waals surface area contributed by atoms with E-state index in [1.807, 2.05) is 34.9 Å². The van der Waals surface area contributed by atoms with Gasteiger partial charge in [-0.25, -0.2) is 4.79 Å². The van der Waals surface area contributed by atoms with Gasteiger partial charge >= 0.3 is 6.09 Å². The molecule has 1 aromatic rings. The van der Waals surface area contributed by atoms with Gasteiger partial charge in [0.15, 0.2) is 9.04 Å². The van der Waals surface area contributed by atoms with Crippen LogP contribution < -0.4 is 0 Å². The van der Waals surface area contributed by atoms with E-state index in [0.29, 0.717) is 13.2 Å². The average molecular weight is 326 g/mol. The third-order valence-electron chi connectivity index (χ3n) is 3.05. The highest BCUT2D eigenvalue weighted by atomic mass is 28.4. The topological polar surface area (TPSA) is 38.8 Å². The lowest BCUT2D eigenvalue weighted by atomic mass is 10.2. The van der Waals surface area contributed by atoms with Crippen LogP contribution in [0.15, 0.2) is 30.3 Å². The van der Waals surface area contributed by atoms with Crippen molar-refractivity contribution in [2.45, 2.75) is 46.1 Å². The van der Waals surface area contributed by atoms with Gasteiger partial charge in [0, 0.05) is 6.54 Å². The normalized spacial score (nSPS) is 11.5. The molecule has 0 saturated carbocycles. The van der Waals surface area contributed by atoms with Gasteiger partial charge in [-0.2, -0.15) is 0 Å². The first kappa shape index (κ1) is 17.9. The van der Waals surface area contributed by atoms with Gasteiger partial charge in [0.25, 0.3) is 8.48 Å². The summed E-state index contributed by atoms with van der Waals surface area (Å²) in [4.78, 5) is 12.4. The van der Waals surface area contributed by atoms with E-state index in [-0.39, 0.29) is 6.09 Å². The van der Waals surface area contributed by atoms with Crippen LogP contribution in [-0.4, -0.2) is 34.7 Å². The number of hydrogen-bond acceptors (Lipinski definition) is 3. The molecule has 0 unspecified atom stereocenters. The molecule has 6 heteroatoms. The lowest BCUT2D eigenvalue weighted by molar-refractivity contribution is 0.113. The molecule has 0 atom stereocenters. The maximum Gasteiger partial charge on any atom is 0.403 e. The first-order valence-corrected chi connectivity index (χ1v) is 13.2. The molecule has 0 aliphatic carbocycles. The lowest BCUT2D eigenvalue weighted by Crippen LogP contribution is -2.56. The van der Waals surface area contributed by atoms with Crippen molar-refractivity contribution in [2.75, 3.05) is 6.54 Å². The van der Waals surface area contributed by atoms with Gasteiger partial charge in [0.05, 0.1) is 0 Å². The predicted molar refractivity (Wildman–Crippen MR) is 91.1 cm³/mol. The van der Waals surface area contributed by atoms with E-state index in [0.717, 1.165) is 12.0 Å². The second kappa shape index (κ2) is 8.36. The molecule has 0 fully saturated rings. The number of amides is 1. The van der Waals surface area contributed by atoms with Crippen molar-refractivity contribution >= 4 is 23.6 Å². The van der Waals surface area contributed by atoms with Crippen LogP contribution in [0.25, 0.3) is 0 Å². The minimum atomic E-state index is -2.20. The van der Waals surface area contributed by atoms with Crippen molar-refractivity contribution in [2.24, 2.45) is 0 Å². The molecule has 0 N–H and O–H groups in total. The molecule has 21 heavy (non-hydrogen) atoms. The van der Waals surface area contributed by atoms with Crippen LogP contribution >= 0.6 is 0 Å². The third-order valence-corrected chi connectivity index (χ3v) is 8.95. The molecule has 0 aliphatic rings. The van der Waals surface area contributed by atoms with Gasteiger partial charge in [-0.05, 0) is 38.2 Å². The van der Waals surface area contributed by atoms with Crippen LogP contribution in [0.1, 0.15) is 18.9 Å². The van der Waals surface area contributed by atoms with Crippen LogP contribution in [0.4, 0.5) is 4.79 Å². The van der Waals surface area contributed by atoms with Crippen LogP contribution in [0, 0.1) is 0 Å². The van der Waals surface area contributed by atoms with Gasteiger partial charge in [0.2, 0.25) is 0 Å². The van der Waals surface area contributed by atoms with Gasteiger partial charge in [-0.1, -0.05) is 37.3 Å². The third kappa shape index (κ3) is 6.03. The molecular weight excluding hydrogens is 298 g/mol. The van der Waals surface area contributed by atoms with Crippen LogP contribution in [0.5, 0.6) is 0 Å². The Bertz CT molecular complexity index is 438. The Morgan fingerprint density at radius 2 is 1.86 bits per heavy atom. The van der Waals surface area contributed by atoms with Crippen molar-refractivity contribution in [1.29, 1.82) is 0 Å². The fourth-order valence-electron chi connectivity index (χ4n) is 2.24. The molecule has 0 bridgehead atoms. The molecule has 0 heterocycles. The van der Waals surface area contributed by atoms with Gasteiger partial charge in [-0.15, -0.1) is 0 Å². The molecule has 118 valence electrons. The zero-order valence-corrected chi connectivity index (χ0v) is 15.9. The number of hydrogen-bond donors (Lipinski definition) is 0. The lowest BCUT2D eigenvalue weighted by Gasteiger charge is -2.36. The van der Waals surface area contributed by atoms with Crippen LogP contribution in [-0.2, 0) is 15.5 Å². The maximum absolute atomic E-state index is 12.4. The minimum Gasteiger partial charge on any atom is -0.445 e. The number of nitrogens with zero attached hydrogens (tertiary/aromatic N) is 1. The van der Waals surface area contributed by atoms with E-state index in [4.69, 9.17) is 8.85 Å². The molecule has 0 radical (unpaired) electrons. The van der Waals surface area contributed by atoms with Crippen LogP contribution in [0.3, 0.4) is 0 Å². The van der Waals surface area contributed by atoms with Crippen molar-refractivity contribution in [3.8, 4) is 0 Å². The molecule has 1 aromatic carbocycles. The van der Waals surface area contributed by atoms with Gasteiger partial charge < -0.3 is 13.4 Å². The quantitative estimate of drug-likeness (QED) is 0.717. The minimum absolute atomic E-state index is 0.257. The zero-order valence-electron chi connectivity index (χ0n) is 13.8. The summed E-state index contributed by atoms with van der Waals surface area (Å²) in [5.41, 5.74) is 1.00. The van der Waals surface area contributed by atoms with Gasteiger partial charge in [0.1, 0.15) is 6.61 Å². The molecule has 1 rings (SSSR count). The number of ether oxygens (including phenoxy) is 1. The van der Waals surface area contributed by atoms with E-state index in [2.05, 4.69) is 33.1 Å². The maximum atomic E-state index is 12.4. The average Bonchev–Trinajstić information content (AvgIpc) is 2.41. The molecular formula is C15H27NO3Si2. The van der Waals surface area contributed by atoms with E-state index in [1.54, 1.807) is 0 Å². The van der Waals surface area contributed by atoms with E-state index in [9.17, 15) is 4.79 Å². The number of rotatable bonds is 7. The smallest absolute Gasteiger partial charge is 0.403 e. The molecule has 1 amide bonds. The van der Waals surface area contributed by atoms with Crippen molar-refractivity contribution < 1.29 is 13.6 Å². The van der Waals surface area contributed by atoms with Crippen LogP contribution in [0.2, 0.25) is 26.2 Å². The summed E-state index contributed by atoms with van der Waals surface area (Å²) in [5.74, 6) is 0. The summed E-state index contributed by atoms with van der Waals surface area (Å²) in [6.45, 7) is 11.5. The first-order chi connectivity index (χ1) is 9.86. The summed E-state index contributed by atoms with van der Waals surface area (Å²) in [6, 6.07) is 9.75. The highest BCUT2D eigenvalue weighted by Gasteiger charge is 2.36. The Kier molecular flexibility index (Phi) is 7.14. The van der Waals surface area contributed by atoms with E-state index in [1.165, 1.54) is 0 Å². The fraction of sp³-hybridized carbons (Fsp3) is 0.533. The fourth-order valence-corrected chi connectivity index (χ4v) is 8.63. The van der Waals surface area contributed by atoms with Crippen molar-refractivity contribution in [3.05, 3.63) is 35.9 Å². The molecule has 0 saturated heterocycles. The summed E-state index contributed by atoms with van der Waals surface area (Å²) in [6.07, 6.45) is 0.645. The zero-order chi connectivity index (χ0) is 15.9. The summed E-state index contributed by atoms with van der Waals surface area (Å²) in [7, 11) is -3.38. The largest absolute Gasteiger partial charge is 0.445 e. The molecule has 0 aromatic heterocycles. The van der Waals surface area contributed by atoms with Gasteiger partial charge in [-0.3, -0.25) is 0 Å². The predicted octanol–water partition coefficient (Wildman–Crippen LogP) is 3.74. The Morgan fingerprint density at radius 1 is 1.24 bits per heavy atom. The number of benzene rings is 1. The Hall–Kier alpha value is -1.12. The summed E-state index contributed by atoms with van der Waals surface area (Å²) < 4.78 is 13.4. The standard InChI is InChI=1S/C15H27NO3Si2/c1-6-12-16(21(4,5)19-20(2)3)15(17)18-13-14-10-8-7-9-11-14/h7-11,20H,6,12-13H2,1-5H3. The molecule has 4 nitrogen and oxygen atoms in total. The Balaban J connectivity index is 2.68. The van der Waals surface area contributed by atoms with Crippen molar-refractivity contribution in [1.82, 2.24) is 4.57 Å². The second-order valence-corrected chi connectivity index (χ2v) is 12.3. The highest BCUT2D eigenvalue weighted by molar-refractivity contribution is 6.77. The molecule has 0 aliphatic heterocycles. The number of carbonyl (C=O) groups is 1. The Labute approximate surface area is 131 Å². The number of carbonyl (C=O) groups excluding carboxylic acids is 1. The summed E-state index contributed by atoms with van der Waals surface area (Å²) in [5, 5.41) is 0. The first-order valence-electron chi connectivity index (χ1n) is 7.53.